The molecule has 0 fully saturated rings. The van der Waals surface area contributed by atoms with E-state index in [9.17, 15) is 0 Å². The van der Waals surface area contributed by atoms with Crippen LogP contribution in [0.25, 0.3) is 192 Å². The third-order valence-electron chi connectivity index (χ3n) is 31.8. The molecule has 6 heteroatoms. The van der Waals surface area contributed by atoms with E-state index in [-0.39, 0.29) is 0 Å². The molecule has 6 heterocycles. The number of fused-ring (bicyclic) bond motifs is 30. The molecular formula is C140H89N5S. The summed E-state index contributed by atoms with van der Waals surface area (Å²) < 4.78 is 10.1. The Bertz CT molecular complexity index is 9980. The van der Waals surface area contributed by atoms with Crippen LogP contribution in [0.15, 0.2) is 540 Å². The van der Waals surface area contributed by atoms with Gasteiger partial charge in [-0.05, 0) is 220 Å². The van der Waals surface area contributed by atoms with E-state index in [1.807, 2.05) is 11.3 Å². The Balaban J connectivity index is 0.000000136. The van der Waals surface area contributed by atoms with Crippen molar-refractivity contribution < 1.29 is 0 Å². The molecular weight excluding hydrogens is 1780 g/mol. The zero-order chi connectivity index (χ0) is 95.8. The first-order chi connectivity index (χ1) is 72.5. The van der Waals surface area contributed by atoms with Crippen LogP contribution >= 0.6 is 11.3 Å². The predicted octanol–water partition coefficient (Wildman–Crippen LogP) is 37.3. The fourth-order valence-electron chi connectivity index (χ4n) is 25.9. The van der Waals surface area contributed by atoms with Crippen LogP contribution in [-0.4, -0.2) is 13.7 Å². The Labute approximate surface area is 849 Å². The molecule has 27 aromatic rings. The Morgan fingerprint density at radius 2 is 0.479 bits per heavy atom. The molecule has 5 nitrogen and oxygen atoms in total. The van der Waals surface area contributed by atoms with Gasteiger partial charge in [0.25, 0.3) is 0 Å². The van der Waals surface area contributed by atoms with Gasteiger partial charge < -0.3 is 23.5 Å². The second-order valence-electron chi connectivity index (χ2n) is 39.0. The highest BCUT2D eigenvalue weighted by atomic mass is 32.1. The van der Waals surface area contributed by atoms with E-state index in [2.05, 4.69) is 563 Å². The van der Waals surface area contributed by atoms with E-state index in [0.717, 1.165) is 56.5 Å². The van der Waals surface area contributed by atoms with Crippen molar-refractivity contribution in [2.45, 2.75) is 10.8 Å². The highest BCUT2D eigenvalue weighted by Crippen LogP contribution is 2.67. The third kappa shape index (κ3) is 12.1. The Hall–Kier alpha value is -18.7. The van der Waals surface area contributed by atoms with Crippen molar-refractivity contribution in [2.75, 3.05) is 9.80 Å². The van der Waals surface area contributed by atoms with Crippen LogP contribution in [0, 0.1) is 0 Å². The lowest BCUT2D eigenvalue weighted by Gasteiger charge is -2.39. The zero-order valence-corrected chi connectivity index (χ0v) is 80.3. The first-order valence-corrected chi connectivity index (χ1v) is 51.3. The molecule has 2 aliphatic carbocycles. The first-order valence-electron chi connectivity index (χ1n) is 50.5. The van der Waals surface area contributed by atoms with Gasteiger partial charge in [0.2, 0.25) is 0 Å². The molecule has 0 saturated heterocycles. The average molecular weight is 1870 g/mol. The highest BCUT2D eigenvalue weighted by molar-refractivity contribution is 7.25. The summed E-state index contributed by atoms with van der Waals surface area (Å²) in [6.45, 7) is 0. The summed E-state index contributed by atoms with van der Waals surface area (Å²) in [5, 5.41) is 10.3. The molecule has 4 aromatic heterocycles. The molecule has 0 saturated carbocycles. The van der Waals surface area contributed by atoms with Crippen molar-refractivity contribution in [3.05, 3.63) is 584 Å². The van der Waals surface area contributed by atoms with Crippen LogP contribution in [0.4, 0.5) is 34.1 Å². The molecule has 2 atom stereocenters. The number of aromatic nitrogens is 3. The summed E-state index contributed by atoms with van der Waals surface area (Å²) >= 11 is 1.87. The lowest BCUT2D eigenvalue weighted by atomic mass is 9.65. The van der Waals surface area contributed by atoms with Gasteiger partial charge in [-0.25, -0.2) is 0 Å². The topological polar surface area (TPSA) is 21.3 Å². The number of rotatable bonds is 13. The van der Waals surface area contributed by atoms with Crippen molar-refractivity contribution >= 4 is 131 Å². The number of thiophene rings is 1. The average Bonchev–Trinajstić information content (AvgIpc) is 1.49. The molecule has 146 heavy (non-hydrogen) atoms. The number of nitrogens with zero attached hydrogens (tertiary/aromatic N) is 5. The molecule has 0 amide bonds. The van der Waals surface area contributed by atoms with Gasteiger partial charge in [0.15, 0.2) is 0 Å². The van der Waals surface area contributed by atoms with Crippen molar-refractivity contribution in [3.63, 3.8) is 0 Å². The van der Waals surface area contributed by atoms with Crippen LogP contribution in [0.3, 0.4) is 0 Å². The fraction of sp³-hybridized carbons (Fsp3) is 0.0143. The van der Waals surface area contributed by atoms with E-state index in [1.165, 1.54) is 214 Å². The second-order valence-corrected chi connectivity index (χ2v) is 40.1. The zero-order valence-electron chi connectivity index (χ0n) is 79.5. The van der Waals surface area contributed by atoms with E-state index >= 15 is 0 Å². The minimum absolute atomic E-state index is 0.581. The van der Waals surface area contributed by atoms with Gasteiger partial charge in [-0.2, -0.15) is 0 Å². The standard InChI is InChI=1S/C73H47N3.C67H42N2S/c1-2-20-50(21-3-1)53-22-4-5-23-54(53)55-24-7-13-34-65(55)75(52-46-42-49(43-47-52)48-40-44-51(45-41-48)74-66-35-14-8-25-56(66)57-26-9-15-36-67(57)74)70-39-19-32-63-71(70)60-28-6-11-30-61(60)73(63)62-31-12-17-38-69(62)76-68-37-16-10-27-58(68)59-29-18-33-64(73)72(59)76;1-2-18-44(19-3-1)47-20-4-5-21-48(47)49-22-7-12-31-59(49)68(46-39-36-43(37-40-46)45-38-41-52-51-24-9-15-35-63(51)70-64(52)42-45)62-34-17-29-57-65(62)54-25-6-10-27-55(54)67(57)56-28-11-14-33-61(56)69-60-32-13-8-23-50(60)53-26-16-30-58(67)66(53)69/h1-47H;1-42H. The quantitative estimate of drug-likeness (QED) is 0.115. The maximum Gasteiger partial charge on any atom is 0.0755 e. The lowest BCUT2D eigenvalue weighted by Crippen LogP contribution is -2.33. The second kappa shape index (κ2) is 32.9. The highest BCUT2D eigenvalue weighted by Gasteiger charge is 2.54. The van der Waals surface area contributed by atoms with Gasteiger partial charge in [-0.15, -0.1) is 11.3 Å². The van der Waals surface area contributed by atoms with Crippen molar-refractivity contribution in [3.8, 4) is 106 Å². The van der Waals surface area contributed by atoms with Gasteiger partial charge in [-0.1, -0.05) is 431 Å². The van der Waals surface area contributed by atoms with Crippen molar-refractivity contribution in [2.24, 2.45) is 0 Å². The van der Waals surface area contributed by atoms with Gasteiger partial charge >= 0.3 is 0 Å². The number of anilines is 6. The maximum atomic E-state index is 2.54. The van der Waals surface area contributed by atoms with Crippen molar-refractivity contribution in [1.82, 2.24) is 13.7 Å². The Morgan fingerprint density at radius 3 is 0.945 bits per heavy atom. The van der Waals surface area contributed by atoms with Crippen LogP contribution in [-0.2, 0) is 10.8 Å². The molecule has 0 radical (unpaired) electrons. The molecule has 23 aromatic carbocycles. The van der Waals surface area contributed by atoms with Crippen LogP contribution in [0.2, 0.25) is 0 Å². The number of hydrogen-bond acceptors (Lipinski definition) is 3. The predicted molar refractivity (Wildman–Crippen MR) is 612 cm³/mol. The molecule has 31 rings (SSSR count). The first kappa shape index (κ1) is 83.1. The van der Waals surface area contributed by atoms with E-state index in [4.69, 9.17) is 0 Å². The summed E-state index contributed by atoms with van der Waals surface area (Å²) in [4.78, 5) is 5.07. The number of benzene rings is 23. The summed E-state index contributed by atoms with van der Waals surface area (Å²) in [6.07, 6.45) is 0. The normalized spacial score (nSPS) is 14.2. The number of hydrogen-bond donors (Lipinski definition) is 0. The summed E-state index contributed by atoms with van der Waals surface area (Å²) in [5.41, 5.74) is 46.1. The van der Waals surface area contributed by atoms with Gasteiger partial charge in [0.05, 0.1) is 78.1 Å². The lowest BCUT2D eigenvalue weighted by molar-refractivity contribution is 0.748. The monoisotopic (exact) mass is 1870 g/mol. The Kier molecular flexibility index (Phi) is 18.8. The smallest absolute Gasteiger partial charge is 0.0755 e. The largest absolute Gasteiger partial charge is 0.309 e. The fourth-order valence-corrected chi connectivity index (χ4v) is 27.0. The molecule has 0 N–H and O–H groups in total. The minimum Gasteiger partial charge on any atom is -0.309 e. The van der Waals surface area contributed by atoms with E-state index < -0.39 is 10.8 Å². The summed E-state index contributed by atoms with van der Waals surface area (Å²) in [6, 6.07) is 201. The molecule has 0 bridgehead atoms. The molecule has 2 unspecified atom stereocenters. The van der Waals surface area contributed by atoms with E-state index in [0.29, 0.717) is 0 Å². The summed E-state index contributed by atoms with van der Waals surface area (Å²) in [5.74, 6) is 0. The summed E-state index contributed by atoms with van der Waals surface area (Å²) in [7, 11) is 0. The SMILES string of the molecule is c1ccc(-c2ccccc2-c2ccccc2N(c2ccc(-c3ccc(-n4c5ccccc5c5ccccc54)cc3)cc2)c2cccc3c2-c2ccccc2C32c3ccccc3-n3c4ccccc4c4cccc2c43)cc1.c1ccc(-c2ccccc2-c2ccccc2N(c2ccc(-c3ccc4c(c3)sc3ccccc34)cc2)c2cccc3c2-c2ccccc2C32c3ccccc3-n3c4ccccc4c4cccc2c43)cc1. The van der Waals surface area contributed by atoms with Gasteiger partial charge in [0.1, 0.15) is 0 Å². The Morgan fingerprint density at radius 1 is 0.171 bits per heavy atom. The third-order valence-corrected chi connectivity index (χ3v) is 32.9. The maximum absolute atomic E-state index is 2.54. The van der Waals surface area contributed by atoms with Gasteiger partial charge in [-0.3, -0.25) is 0 Å². The van der Waals surface area contributed by atoms with Crippen LogP contribution < -0.4 is 9.80 Å². The molecule has 2 aliphatic heterocycles. The number of para-hydroxylation sites is 10. The van der Waals surface area contributed by atoms with Gasteiger partial charge in [0, 0.05) is 91.8 Å². The van der Waals surface area contributed by atoms with Crippen LogP contribution in [0.5, 0.6) is 0 Å². The minimum atomic E-state index is -0.594. The molecule has 2 spiro atoms. The van der Waals surface area contributed by atoms with Crippen molar-refractivity contribution in [1.29, 1.82) is 0 Å². The van der Waals surface area contributed by atoms with Crippen LogP contribution in [0.1, 0.15) is 44.5 Å². The van der Waals surface area contributed by atoms with E-state index in [1.54, 1.807) is 0 Å². The molecule has 4 aliphatic rings. The molecule has 680 valence electrons.